The van der Waals surface area contributed by atoms with E-state index in [2.05, 4.69) is 142 Å². The third-order valence-corrected chi connectivity index (χ3v) is 9.20. The van der Waals surface area contributed by atoms with Crippen molar-refractivity contribution in [3.8, 4) is 6.07 Å². The number of likely N-dealkylation sites (N-methyl/N-ethyl adjacent to an activating group) is 1. The van der Waals surface area contributed by atoms with Crippen molar-refractivity contribution < 1.29 is 4.58 Å². The van der Waals surface area contributed by atoms with E-state index >= 15 is 0 Å². The molecule has 4 aromatic carbocycles. The highest BCUT2D eigenvalue weighted by Gasteiger charge is 2.44. The third-order valence-electron chi connectivity index (χ3n) is 9.20. The summed E-state index contributed by atoms with van der Waals surface area (Å²) < 4.78 is 2.28. The van der Waals surface area contributed by atoms with Crippen molar-refractivity contribution in [2.24, 2.45) is 0 Å². The van der Waals surface area contributed by atoms with Crippen LogP contribution in [0.1, 0.15) is 38.8 Å². The number of allylic oxidation sites excluding steroid dienone is 10. The third kappa shape index (κ3) is 4.64. The molecule has 0 amide bonds. The minimum atomic E-state index is -0.132. The highest BCUT2D eigenvalue weighted by molar-refractivity contribution is 6.07. The molecule has 6 rings (SSSR count). The molecule has 0 aliphatic carbocycles. The lowest BCUT2D eigenvalue weighted by Crippen LogP contribution is -2.26. The van der Waals surface area contributed by atoms with Gasteiger partial charge in [-0.1, -0.05) is 92.7 Å². The van der Waals surface area contributed by atoms with Crippen LogP contribution < -0.4 is 4.90 Å². The molecular formula is C40H38N3+. The van der Waals surface area contributed by atoms with Crippen molar-refractivity contribution >= 4 is 38.6 Å². The van der Waals surface area contributed by atoms with Gasteiger partial charge in [0.1, 0.15) is 7.05 Å². The zero-order valence-electron chi connectivity index (χ0n) is 25.9. The molecule has 0 N–H and O–H groups in total. The van der Waals surface area contributed by atoms with Gasteiger partial charge >= 0.3 is 0 Å². The van der Waals surface area contributed by atoms with Crippen LogP contribution in [0, 0.1) is 11.3 Å². The highest BCUT2D eigenvalue weighted by atomic mass is 15.2. The minimum Gasteiger partial charge on any atom is -0.347 e. The first-order valence-electron chi connectivity index (χ1n) is 14.9. The fourth-order valence-corrected chi connectivity index (χ4v) is 7.13. The Hall–Kier alpha value is -4.94. The molecule has 212 valence electrons. The van der Waals surface area contributed by atoms with Gasteiger partial charge in [0.05, 0.1) is 17.1 Å². The van der Waals surface area contributed by atoms with Gasteiger partial charge in [0.15, 0.2) is 5.71 Å². The number of nitriles is 1. The minimum absolute atomic E-state index is 0.132. The maximum atomic E-state index is 9.77. The van der Waals surface area contributed by atoms with Gasteiger partial charge in [-0.2, -0.15) is 9.84 Å². The molecule has 0 unspecified atom stereocenters. The molecule has 3 heteroatoms. The van der Waals surface area contributed by atoms with Crippen LogP contribution in [-0.2, 0) is 10.8 Å². The topological polar surface area (TPSA) is 30.0 Å². The maximum absolute atomic E-state index is 9.77. The Labute approximate surface area is 255 Å². The van der Waals surface area contributed by atoms with Gasteiger partial charge in [0.2, 0.25) is 5.69 Å². The molecule has 0 saturated heterocycles. The molecule has 2 aliphatic rings. The van der Waals surface area contributed by atoms with Crippen LogP contribution in [0.4, 0.5) is 11.4 Å². The highest BCUT2D eigenvalue weighted by Crippen LogP contribution is 2.50. The Bertz CT molecular complexity index is 2000. The van der Waals surface area contributed by atoms with E-state index in [1.807, 2.05) is 36.5 Å². The molecule has 0 aromatic heterocycles. The van der Waals surface area contributed by atoms with E-state index in [4.69, 9.17) is 0 Å². The number of anilines is 1. The van der Waals surface area contributed by atoms with Gasteiger partial charge in [-0.3, -0.25) is 0 Å². The van der Waals surface area contributed by atoms with E-state index in [0.717, 1.165) is 0 Å². The summed E-state index contributed by atoms with van der Waals surface area (Å²) in [5.41, 5.74) is 8.02. The van der Waals surface area contributed by atoms with Crippen molar-refractivity contribution in [1.29, 1.82) is 5.26 Å². The Morgan fingerprint density at radius 1 is 0.767 bits per heavy atom. The molecular weight excluding hydrogens is 522 g/mol. The predicted octanol–water partition coefficient (Wildman–Crippen LogP) is 9.43. The average Bonchev–Trinajstić information content (AvgIpc) is 3.33. The van der Waals surface area contributed by atoms with Gasteiger partial charge < -0.3 is 4.90 Å². The summed E-state index contributed by atoms with van der Waals surface area (Å²) in [5.74, 6) is 0. The Morgan fingerprint density at radius 2 is 1.42 bits per heavy atom. The number of fused-ring (bicyclic) bond motifs is 6. The number of nitrogens with zero attached hydrogens (tertiary/aromatic N) is 3. The molecule has 0 atom stereocenters. The molecule has 0 spiro atoms. The molecule has 0 saturated carbocycles. The Balaban J connectivity index is 1.20. The zero-order chi connectivity index (χ0) is 30.4. The van der Waals surface area contributed by atoms with Crippen LogP contribution in [0.5, 0.6) is 0 Å². The second-order valence-electron chi connectivity index (χ2n) is 12.5. The van der Waals surface area contributed by atoms with Crippen molar-refractivity contribution in [3.63, 3.8) is 0 Å². The number of hydrogen-bond acceptors (Lipinski definition) is 2. The van der Waals surface area contributed by atoms with Crippen LogP contribution in [0.2, 0.25) is 0 Å². The summed E-state index contributed by atoms with van der Waals surface area (Å²) in [5, 5.41) is 14.9. The maximum Gasteiger partial charge on any atom is 0.210 e. The molecule has 0 radical (unpaired) electrons. The van der Waals surface area contributed by atoms with Gasteiger partial charge in [0.25, 0.3) is 0 Å². The first kappa shape index (κ1) is 28.2. The fraction of sp³-hybridized carbons (Fsp3) is 0.200. The first-order valence-corrected chi connectivity index (χ1v) is 14.9. The van der Waals surface area contributed by atoms with Crippen molar-refractivity contribution in [2.75, 3.05) is 19.0 Å². The van der Waals surface area contributed by atoms with Gasteiger partial charge in [-0.15, -0.1) is 0 Å². The SMILES string of the molecule is CN1/C(=C/C=C/C=C(C#N)/C=C/C=C/C2=[N+](C)c3ccc4ccccc4c3C2(C)C)C(C)(C)c2c1ccc1ccccc21. The summed E-state index contributed by atoms with van der Waals surface area (Å²) in [4.78, 5) is 2.28. The molecule has 2 heterocycles. The van der Waals surface area contributed by atoms with Gasteiger partial charge in [0, 0.05) is 41.6 Å². The molecule has 4 aromatic rings. The second kappa shape index (κ2) is 10.7. The van der Waals surface area contributed by atoms with Crippen LogP contribution in [-0.4, -0.2) is 24.4 Å². The number of rotatable bonds is 5. The zero-order valence-corrected chi connectivity index (χ0v) is 25.9. The number of hydrogen-bond donors (Lipinski definition) is 0. The van der Waals surface area contributed by atoms with Gasteiger partial charge in [-0.25, -0.2) is 0 Å². The predicted molar refractivity (Wildman–Crippen MR) is 182 cm³/mol. The van der Waals surface area contributed by atoms with Crippen LogP contribution >= 0.6 is 0 Å². The summed E-state index contributed by atoms with van der Waals surface area (Å²) in [7, 11) is 4.27. The lowest BCUT2D eigenvalue weighted by molar-refractivity contribution is -0.401. The summed E-state index contributed by atoms with van der Waals surface area (Å²) in [6.45, 7) is 9.15. The summed E-state index contributed by atoms with van der Waals surface area (Å²) >= 11 is 0. The first-order chi connectivity index (χ1) is 20.7. The molecule has 0 fully saturated rings. The molecule has 2 aliphatic heterocycles. The quantitative estimate of drug-likeness (QED) is 0.138. The molecule has 3 nitrogen and oxygen atoms in total. The van der Waals surface area contributed by atoms with Gasteiger partial charge in [-0.05, 0) is 71.3 Å². The fourth-order valence-electron chi connectivity index (χ4n) is 7.13. The van der Waals surface area contributed by atoms with E-state index < -0.39 is 0 Å². The monoisotopic (exact) mass is 560 g/mol. The Morgan fingerprint density at radius 3 is 2.12 bits per heavy atom. The van der Waals surface area contributed by atoms with Crippen molar-refractivity contribution in [1.82, 2.24) is 0 Å². The second-order valence-corrected chi connectivity index (χ2v) is 12.5. The molecule has 0 bridgehead atoms. The molecule has 43 heavy (non-hydrogen) atoms. The normalized spacial score (nSPS) is 18.6. The van der Waals surface area contributed by atoms with E-state index in [1.54, 1.807) is 0 Å². The summed E-state index contributed by atoms with van der Waals surface area (Å²) in [6.07, 6.45) is 16.1. The van der Waals surface area contributed by atoms with E-state index in [-0.39, 0.29) is 10.8 Å². The summed E-state index contributed by atoms with van der Waals surface area (Å²) in [6, 6.07) is 28.4. The Kier molecular flexibility index (Phi) is 7.03. The van der Waals surface area contributed by atoms with E-state index in [1.165, 1.54) is 55.5 Å². The largest absolute Gasteiger partial charge is 0.347 e. The van der Waals surface area contributed by atoms with Crippen LogP contribution in [0.25, 0.3) is 21.5 Å². The van der Waals surface area contributed by atoms with Crippen molar-refractivity contribution in [3.05, 3.63) is 144 Å². The number of benzene rings is 4. The standard InChI is InChI=1S/C40H38N3/c1-39(2)35(42(5)33-25-23-29-17-9-11-19-31(29)37(33)39)21-13-7-15-28(27-41)16-8-14-22-36-40(3,4)38-32-20-12-10-18-30(32)24-26-34(38)43(36)6/h7-26H,1-6H3/q+1. The lowest BCUT2D eigenvalue weighted by Gasteiger charge is -2.24. The van der Waals surface area contributed by atoms with Crippen LogP contribution in [0.3, 0.4) is 0 Å². The van der Waals surface area contributed by atoms with E-state index in [9.17, 15) is 5.26 Å². The van der Waals surface area contributed by atoms with Crippen LogP contribution in [0.15, 0.2) is 133 Å². The van der Waals surface area contributed by atoms with E-state index in [0.29, 0.717) is 5.57 Å². The lowest BCUT2D eigenvalue weighted by atomic mass is 9.79. The average molecular weight is 561 g/mol. The van der Waals surface area contributed by atoms with Crippen molar-refractivity contribution in [2.45, 2.75) is 38.5 Å². The smallest absolute Gasteiger partial charge is 0.210 e.